The van der Waals surface area contributed by atoms with Crippen LogP contribution in [-0.4, -0.2) is 29.0 Å². The van der Waals surface area contributed by atoms with E-state index in [1.165, 1.54) is 12.1 Å². The number of nitriles is 1. The number of halogens is 3. The van der Waals surface area contributed by atoms with Gasteiger partial charge in [-0.2, -0.15) is 18.4 Å². The Kier molecular flexibility index (Phi) is 8.07. The molecule has 0 saturated carbocycles. The first-order chi connectivity index (χ1) is 17.8. The van der Waals surface area contributed by atoms with E-state index in [0.29, 0.717) is 42.8 Å². The Morgan fingerprint density at radius 1 is 1.00 bits per heavy atom. The van der Waals surface area contributed by atoms with Gasteiger partial charge in [-0.3, -0.25) is 9.69 Å². The van der Waals surface area contributed by atoms with Crippen molar-refractivity contribution in [1.82, 2.24) is 10.2 Å². The zero-order chi connectivity index (χ0) is 26.4. The first kappa shape index (κ1) is 26.1. The van der Waals surface area contributed by atoms with E-state index < -0.39 is 11.7 Å². The van der Waals surface area contributed by atoms with Gasteiger partial charge >= 0.3 is 6.18 Å². The average molecular weight is 506 g/mol. The fourth-order valence-corrected chi connectivity index (χ4v) is 4.39. The van der Waals surface area contributed by atoms with Crippen LogP contribution in [0, 0.1) is 11.3 Å². The van der Waals surface area contributed by atoms with Gasteiger partial charge in [0.2, 0.25) is 5.91 Å². The van der Waals surface area contributed by atoms with E-state index in [2.05, 4.69) is 16.3 Å². The number of nitrogens with zero attached hydrogens (tertiary/aromatic N) is 2. The maximum atomic E-state index is 13.3. The number of amides is 1. The van der Waals surface area contributed by atoms with Crippen molar-refractivity contribution in [2.45, 2.75) is 32.3 Å². The molecule has 190 valence electrons. The molecular formula is C29H26F3N3O2. The second-order valence-electron chi connectivity index (χ2n) is 8.96. The Bertz CT molecular complexity index is 1320. The van der Waals surface area contributed by atoms with Gasteiger partial charge in [0.25, 0.3) is 0 Å². The molecule has 8 heteroatoms. The number of alkyl halides is 3. The van der Waals surface area contributed by atoms with Crippen LogP contribution in [0.1, 0.15) is 39.8 Å². The number of benzene rings is 3. The van der Waals surface area contributed by atoms with Crippen LogP contribution in [0.2, 0.25) is 0 Å². The third kappa shape index (κ3) is 6.64. The molecule has 1 amide bonds. The Morgan fingerprint density at radius 2 is 1.70 bits per heavy atom. The summed E-state index contributed by atoms with van der Waals surface area (Å²) in [5.41, 5.74) is 4.53. The van der Waals surface area contributed by atoms with Gasteiger partial charge in [0.15, 0.2) is 0 Å². The summed E-state index contributed by atoms with van der Waals surface area (Å²) in [5, 5.41) is 21.4. The molecule has 0 aliphatic carbocycles. The highest BCUT2D eigenvalue weighted by Crippen LogP contribution is 2.30. The molecule has 3 aromatic carbocycles. The largest absolute Gasteiger partial charge is 0.416 e. The standard InChI is InChI=1S/C29H26F3N3O2/c30-29(31,32)25-10-6-20(7-11-25)16-34-28(37)27-18-35(17-23-3-1-2-22(14-23)15-33)13-12-26(27)24-8-4-21(19-36)5-9-24/h1-11,14,36H,12-13,16-19H2,(H,34,37). The fraction of sp³-hybridized carbons (Fsp3) is 0.241. The Balaban J connectivity index is 1.54. The first-order valence-electron chi connectivity index (χ1n) is 11.8. The summed E-state index contributed by atoms with van der Waals surface area (Å²) in [6.07, 6.45) is -3.79. The van der Waals surface area contributed by atoms with E-state index in [1.807, 2.05) is 42.5 Å². The number of rotatable bonds is 7. The molecule has 1 aliphatic heterocycles. The summed E-state index contributed by atoms with van der Waals surface area (Å²) in [7, 11) is 0. The smallest absolute Gasteiger partial charge is 0.392 e. The van der Waals surface area contributed by atoms with Gasteiger partial charge in [-0.05, 0) is 58.5 Å². The van der Waals surface area contributed by atoms with E-state index in [1.54, 1.807) is 6.07 Å². The fourth-order valence-electron chi connectivity index (χ4n) is 4.39. The van der Waals surface area contributed by atoms with Gasteiger partial charge in [-0.1, -0.05) is 48.5 Å². The molecule has 0 fully saturated rings. The van der Waals surface area contributed by atoms with Crippen LogP contribution in [-0.2, 0) is 30.7 Å². The molecule has 0 bridgehead atoms. The zero-order valence-electron chi connectivity index (χ0n) is 20.1. The highest BCUT2D eigenvalue weighted by Gasteiger charge is 2.30. The lowest BCUT2D eigenvalue weighted by molar-refractivity contribution is -0.137. The van der Waals surface area contributed by atoms with E-state index in [9.17, 15) is 28.3 Å². The summed E-state index contributed by atoms with van der Waals surface area (Å²) < 4.78 is 38.6. The van der Waals surface area contributed by atoms with Crippen molar-refractivity contribution in [2.24, 2.45) is 0 Å². The van der Waals surface area contributed by atoms with E-state index in [0.717, 1.165) is 34.4 Å². The molecule has 2 N–H and O–H groups in total. The van der Waals surface area contributed by atoms with Gasteiger partial charge in [0.1, 0.15) is 0 Å². The third-order valence-corrected chi connectivity index (χ3v) is 6.38. The zero-order valence-corrected chi connectivity index (χ0v) is 20.1. The maximum Gasteiger partial charge on any atom is 0.416 e. The lowest BCUT2D eigenvalue weighted by atomic mass is 9.92. The topological polar surface area (TPSA) is 76.4 Å². The van der Waals surface area contributed by atoms with Gasteiger partial charge in [0.05, 0.1) is 23.8 Å². The molecule has 4 rings (SSSR count). The molecule has 37 heavy (non-hydrogen) atoms. The average Bonchev–Trinajstić information content (AvgIpc) is 2.91. The van der Waals surface area contributed by atoms with Crippen LogP contribution in [0.5, 0.6) is 0 Å². The Morgan fingerprint density at radius 3 is 2.35 bits per heavy atom. The third-order valence-electron chi connectivity index (χ3n) is 6.38. The molecule has 3 aromatic rings. The van der Waals surface area contributed by atoms with Gasteiger partial charge < -0.3 is 10.4 Å². The molecule has 0 unspecified atom stereocenters. The number of carbonyl (C=O) groups excluding carboxylic acids is 1. The van der Waals surface area contributed by atoms with Crippen LogP contribution >= 0.6 is 0 Å². The molecule has 1 aliphatic rings. The molecule has 5 nitrogen and oxygen atoms in total. The number of aliphatic hydroxyl groups is 1. The first-order valence-corrected chi connectivity index (χ1v) is 11.8. The molecular weight excluding hydrogens is 479 g/mol. The number of carbonyl (C=O) groups is 1. The SMILES string of the molecule is N#Cc1cccc(CN2CCC(c3ccc(CO)cc3)=C(C(=O)NCc3ccc(C(F)(F)F)cc3)C2)c1. The summed E-state index contributed by atoms with van der Waals surface area (Å²) in [5.74, 6) is -0.281. The summed E-state index contributed by atoms with van der Waals surface area (Å²) in [4.78, 5) is 15.5. The molecule has 0 saturated heterocycles. The summed E-state index contributed by atoms with van der Waals surface area (Å²) in [6.45, 7) is 1.69. The second kappa shape index (κ2) is 11.4. The second-order valence-corrected chi connectivity index (χ2v) is 8.96. The lowest BCUT2D eigenvalue weighted by Gasteiger charge is -2.31. The quantitative estimate of drug-likeness (QED) is 0.472. The van der Waals surface area contributed by atoms with Gasteiger partial charge in [-0.25, -0.2) is 0 Å². The number of aliphatic hydroxyl groups excluding tert-OH is 1. The van der Waals surface area contributed by atoms with Crippen molar-refractivity contribution in [3.8, 4) is 6.07 Å². The Labute approximate surface area is 213 Å². The predicted octanol–water partition coefficient (Wildman–Crippen LogP) is 5.05. The molecule has 1 heterocycles. The molecule has 0 atom stereocenters. The van der Waals surface area contributed by atoms with Crippen LogP contribution in [0.25, 0.3) is 5.57 Å². The van der Waals surface area contributed by atoms with Crippen molar-refractivity contribution in [3.05, 3.63) is 112 Å². The normalized spacial score (nSPS) is 14.4. The van der Waals surface area contributed by atoms with Gasteiger partial charge in [0, 0.05) is 31.8 Å². The van der Waals surface area contributed by atoms with Crippen molar-refractivity contribution in [1.29, 1.82) is 5.26 Å². The van der Waals surface area contributed by atoms with Crippen molar-refractivity contribution >= 4 is 11.5 Å². The molecule has 0 radical (unpaired) electrons. The maximum absolute atomic E-state index is 13.3. The van der Waals surface area contributed by atoms with Crippen molar-refractivity contribution < 1.29 is 23.1 Å². The van der Waals surface area contributed by atoms with Gasteiger partial charge in [-0.15, -0.1) is 0 Å². The van der Waals surface area contributed by atoms with E-state index in [4.69, 9.17) is 0 Å². The molecule has 0 aromatic heterocycles. The van der Waals surface area contributed by atoms with Crippen molar-refractivity contribution in [3.63, 3.8) is 0 Å². The minimum absolute atomic E-state index is 0.0741. The van der Waals surface area contributed by atoms with E-state index >= 15 is 0 Å². The Hall–Kier alpha value is -3.93. The van der Waals surface area contributed by atoms with Crippen LogP contribution < -0.4 is 5.32 Å². The van der Waals surface area contributed by atoms with Crippen LogP contribution in [0.15, 0.2) is 78.4 Å². The minimum atomic E-state index is -4.41. The summed E-state index contributed by atoms with van der Waals surface area (Å²) in [6, 6.07) is 21.6. The highest BCUT2D eigenvalue weighted by molar-refractivity contribution is 6.02. The predicted molar refractivity (Wildman–Crippen MR) is 134 cm³/mol. The summed E-state index contributed by atoms with van der Waals surface area (Å²) >= 11 is 0. The molecule has 0 spiro atoms. The number of nitrogens with one attached hydrogen (secondary N) is 1. The number of hydrogen-bond acceptors (Lipinski definition) is 4. The monoisotopic (exact) mass is 505 g/mol. The highest BCUT2D eigenvalue weighted by atomic mass is 19.4. The van der Waals surface area contributed by atoms with Crippen LogP contribution in [0.3, 0.4) is 0 Å². The number of hydrogen-bond donors (Lipinski definition) is 2. The minimum Gasteiger partial charge on any atom is -0.392 e. The lowest BCUT2D eigenvalue weighted by Crippen LogP contribution is -2.37. The van der Waals surface area contributed by atoms with Crippen molar-refractivity contribution in [2.75, 3.05) is 13.1 Å². The van der Waals surface area contributed by atoms with E-state index in [-0.39, 0.29) is 19.1 Å². The van der Waals surface area contributed by atoms with Crippen LogP contribution in [0.4, 0.5) is 13.2 Å².